The van der Waals surface area contributed by atoms with E-state index in [-0.39, 0.29) is 0 Å². The van der Waals surface area contributed by atoms with Crippen molar-refractivity contribution in [1.82, 2.24) is 0 Å². The second-order valence-corrected chi connectivity index (χ2v) is 7.45. The molecule has 0 heteroatoms. The van der Waals surface area contributed by atoms with Gasteiger partial charge in [0.1, 0.15) is 0 Å². The fraction of sp³-hybridized carbons (Fsp3) is 0.900. The van der Waals surface area contributed by atoms with E-state index in [1.807, 2.05) is 0 Å². The van der Waals surface area contributed by atoms with Crippen molar-refractivity contribution in [3.8, 4) is 0 Å². The van der Waals surface area contributed by atoms with Gasteiger partial charge in [-0.3, -0.25) is 0 Å². The second-order valence-electron chi connectivity index (χ2n) is 7.45. The molecule has 0 heterocycles. The van der Waals surface area contributed by atoms with Crippen molar-refractivity contribution in [2.75, 3.05) is 0 Å². The van der Waals surface area contributed by atoms with Crippen LogP contribution in [-0.2, 0) is 0 Å². The smallest absolute Gasteiger partial charge is 0.0206 e. The van der Waals surface area contributed by atoms with Gasteiger partial charge in [0, 0.05) is 0 Å². The molecule has 2 fully saturated rings. The summed E-state index contributed by atoms with van der Waals surface area (Å²) in [6.45, 7) is 4.48. The van der Waals surface area contributed by atoms with Crippen LogP contribution in [0.5, 0.6) is 0 Å². The molecule has 0 unspecified atom stereocenters. The van der Waals surface area contributed by atoms with Crippen molar-refractivity contribution in [2.45, 2.75) is 103 Å². The van der Waals surface area contributed by atoms with Gasteiger partial charge in [-0.1, -0.05) is 89.2 Å². The van der Waals surface area contributed by atoms with E-state index in [9.17, 15) is 0 Å². The minimum absolute atomic E-state index is 0.865. The summed E-state index contributed by atoms with van der Waals surface area (Å²) >= 11 is 0. The summed E-state index contributed by atoms with van der Waals surface area (Å²) in [5.74, 6) is 1.88. The molecule has 2 saturated carbocycles. The Balaban J connectivity index is 1.69. The summed E-state index contributed by atoms with van der Waals surface area (Å²) in [5, 5.41) is 0. The van der Waals surface area contributed by atoms with Crippen molar-refractivity contribution in [3.63, 3.8) is 0 Å². The van der Waals surface area contributed by atoms with E-state index in [4.69, 9.17) is 0 Å². The zero-order valence-corrected chi connectivity index (χ0v) is 13.7. The van der Waals surface area contributed by atoms with Crippen molar-refractivity contribution in [3.05, 3.63) is 12.2 Å². The van der Waals surface area contributed by atoms with E-state index in [1.54, 1.807) is 5.57 Å². The average Bonchev–Trinajstić information content (AvgIpc) is 2.36. The number of hydrogen-bond acceptors (Lipinski definition) is 0. The summed E-state index contributed by atoms with van der Waals surface area (Å²) in [5.41, 5.74) is 1.61. The molecule has 0 amide bonds. The largest absolute Gasteiger partial charge is 0.0996 e. The van der Waals surface area contributed by atoms with E-state index >= 15 is 0 Å². The summed E-state index contributed by atoms with van der Waals surface area (Å²) in [6.07, 6.45) is 23.4. The standard InChI is InChI=1S/C20H36/c1-18(20-14-10-6-3-7-11-15-20)16-17-19-12-8-4-2-5-9-13-19/h19-20H,1-17H2. The molecule has 116 valence electrons. The third-order valence-electron chi connectivity index (χ3n) is 5.78. The van der Waals surface area contributed by atoms with Crippen LogP contribution in [0.4, 0.5) is 0 Å². The first-order chi connectivity index (χ1) is 9.86. The molecule has 0 aliphatic heterocycles. The van der Waals surface area contributed by atoms with Crippen molar-refractivity contribution < 1.29 is 0 Å². The third-order valence-corrected chi connectivity index (χ3v) is 5.78. The number of allylic oxidation sites excluding steroid dienone is 1. The van der Waals surface area contributed by atoms with Crippen LogP contribution in [-0.4, -0.2) is 0 Å². The molecule has 20 heavy (non-hydrogen) atoms. The summed E-state index contributed by atoms with van der Waals surface area (Å²) in [6, 6.07) is 0. The van der Waals surface area contributed by atoms with Gasteiger partial charge < -0.3 is 0 Å². The molecule has 0 radical (unpaired) electrons. The molecular formula is C20H36. The average molecular weight is 277 g/mol. The van der Waals surface area contributed by atoms with Gasteiger partial charge in [-0.05, 0) is 37.5 Å². The molecule has 0 spiro atoms. The molecular weight excluding hydrogens is 240 g/mol. The van der Waals surface area contributed by atoms with Gasteiger partial charge in [-0.15, -0.1) is 0 Å². The Kier molecular flexibility index (Phi) is 7.76. The van der Waals surface area contributed by atoms with Gasteiger partial charge in [0.05, 0.1) is 0 Å². The molecule has 2 aliphatic rings. The molecule has 0 aromatic rings. The molecule has 0 aromatic heterocycles. The Morgan fingerprint density at radius 2 is 1.10 bits per heavy atom. The highest BCUT2D eigenvalue weighted by atomic mass is 14.2. The van der Waals surface area contributed by atoms with Crippen LogP contribution in [0.25, 0.3) is 0 Å². The molecule has 0 atom stereocenters. The monoisotopic (exact) mass is 276 g/mol. The Hall–Kier alpha value is -0.260. The molecule has 0 saturated heterocycles. The minimum Gasteiger partial charge on any atom is -0.0996 e. The Morgan fingerprint density at radius 3 is 1.65 bits per heavy atom. The summed E-state index contributed by atoms with van der Waals surface area (Å²) in [7, 11) is 0. The fourth-order valence-corrected chi connectivity index (χ4v) is 4.29. The number of rotatable bonds is 4. The highest BCUT2D eigenvalue weighted by Gasteiger charge is 2.17. The van der Waals surface area contributed by atoms with E-state index < -0.39 is 0 Å². The maximum Gasteiger partial charge on any atom is -0.0206 e. The Morgan fingerprint density at radius 1 is 0.650 bits per heavy atom. The van der Waals surface area contributed by atoms with Gasteiger partial charge in [0.15, 0.2) is 0 Å². The zero-order valence-electron chi connectivity index (χ0n) is 13.7. The topological polar surface area (TPSA) is 0 Å². The van der Waals surface area contributed by atoms with Crippen molar-refractivity contribution >= 4 is 0 Å². The maximum atomic E-state index is 4.48. The second kappa shape index (κ2) is 9.64. The summed E-state index contributed by atoms with van der Waals surface area (Å²) in [4.78, 5) is 0. The van der Waals surface area contributed by atoms with Crippen molar-refractivity contribution in [2.24, 2.45) is 11.8 Å². The predicted molar refractivity (Wildman–Crippen MR) is 90.0 cm³/mol. The first kappa shape index (κ1) is 16.1. The molecule has 2 rings (SSSR count). The normalized spacial score (nSPS) is 24.4. The van der Waals surface area contributed by atoms with Gasteiger partial charge in [0.25, 0.3) is 0 Å². The van der Waals surface area contributed by atoms with E-state index in [1.165, 1.54) is 103 Å². The third kappa shape index (κ3) is 6.02. The van der Waals surface area contributed by atoms with Crippen LogP contribution in [0.2, 0.25) is 0 Å². The molecule has 2 aliphatic carbocycles. The lowest BCUT2D eigenvalue weighted by molar-refractivity contribution is 0.347. The van der Waals surface area contributed by atoms with Crippen LogP contribution >= 0.6 is 0 Å². The fourth-order valence-electron chi connectivity index (χ4n) is 4.29. The van der Waals surface area contributed by atoms with Gasteiger partial charge in [-0.2, -0.15) is 0 Å². The lowest BCUT2D eigenvalue weighted by atomic mass is 9.81. The van der Waals surface area contributed by atoms with Crippen molar-refractivity contribution in [1.29, 1.82) is 0 Å². The van der Waals surface area contributed by atoms with Gasteiger partial charge >= 0.3 is 0 Å². The van der Waals surface area contributed by atoms with Crippen LogP contribution in [0.1, 0.15) is 103 Å². The first-order valence-electron chi connectivity index (χ1n) is 9.54. The molecule has 0 nitrogen and oxygen atoms in total. The minimum atomic E-state index is 0.865. The molecule has 0 aromatic carbocycles. The molecule has 0 bridgehead atoms. The Bertz CT molecular complexity index is 249. The predicted octanol–water partition coefficient (Wildman–Crippen LogP) is 7.04. The van der Waals surface area contributed by atoms with Crippen LogP contribution in [0.3, 0.4) is 0 Å². The quantitative estimate of drug-likeness (QED) is 0.483. The maximum absolute atomic E-state index is 4.48. The zero-order chi connectivity index (χ0) is 14.0. The highest BCUT2D eigenvalue weighted by molar-refractivity contribution is 5.01. The van der Waals surface area contributed by atoms with E-state index in [2.05, 4.69) is 6.58 Å². The number of hydrogen-bond donors (Lipinski definition) is 0. The van der Waals surface area contributed by atoms with E-state index in [0.29, 0.717) is 0 Å². The van der Waals surface area contributed by atoms with Gasteiger partial charge in [0.2, 0.25) is 0 Å². The van der Waals surface area contributed by atoms with Crippen LogP contribution < -0.4 is 0 Å². The lowest BCUT2D eigenvalue weighted by Crippen LogP contribution is -2.09. The highest BCUT2D eigenvalue weighted by Crippen LogP contribution is 2.32. The van der Waals surface area contributed by atoms with E-state index in [0.717, 1.165) is 11.8 Å². The molecule has 0 N–H and O–H groups in total. The Labute approximate surface area is 127 Å². The lowest BCUT2D eigenvalue weighted by Gasteiger charge is -2.24. The van der Waals surface area contributed by atoms with Gasteiger partial charge in [-0.25, -0.2) is 0 Å². The van der Waals surface area contributed by atoms with Crippen LogP contribution in [0.15, 0.2) is 12.2 Å². The van der Waals surface area contributed by atoms with Crippen LogP contribution in [0, 0.1) is 11.8 Å². The first-order valence-corrected chi connectivity index (χ1v) is 9.54. The SMILES string of the molecule is C=C(CCC1CCCCCCC1)C1CCCCCCC1. The summed E-state index contributed by atoms with van der Waals surface area (Å²) < 4.78 is 0.